The van der Waals surface area contributed by atoms with E-state index < -0.39 is 30.2 Å². The highest BCUT2D eigenvalue weighted by Crippen LogP contribution is 2.04. The molecule has 138 valence electrons. The van der Waals surface area contributed by atoms with Gasteiger partial charge in [-0.1, -0.05) is 25.4 Å². The molecule has 0 saturated heterocycles. The molecule has 0 aromatic carbocycles. The molecule has 1 aromatic heterocycles. The summed E-state index contributed by atoms with van der Waals surface area (Å²) < 4.78 is 4.78. The molecule has 0 bridgehead atoms. The average Bonchev–Trinajstić information content (AvgIpc) is 2.99. The Balaban J connectivity index is 0.00000163. The van der Waals surface area contributed by atoms with Crippen LogP contribution in [-0.2, 0) is 11.3 Å². The van der Waals surface area contributed by atoms with Gasteiger partial charge in [0.1, 0.15) is 0 Å². The van der Waals surface area contributed by atoms with E-state index in [4.69, 9.17) is 20.5 Å². The first-order chi connectivity index (χ1) is 11.3. The van der Waals surface area contributed by atoms with Crippen LogP contribution in [-0.4, -0.2) is 56.2 Å². The molecule has 0 aliphatic heterocycles. The number of amides is 2. The number of nitrogens with two attached hydrogens (primary N) is 1. The number of carboxylic acid groups (broad SMARTS) is 1. The summed E-state index contributed by atoms with van der Waals surface area (Å²) in [6, 6.07) is -3.05. The third-order valence-electron chi connectivity index (χ3n) is 2.45. The Morgan fingerprint density at radius 3 is 2.42 bits per heavy atom. The number of rotatable bonds is 7. The van der Waals surface area contributed by atoms with Crippen LogP contribution < -0.4 is 16.4 Å². The molecule has 0 spiro atoms. The minimum Gasteiger partial charge on any atom is -0.480 e. The number of urea groups is 1. The van der Waals surface area contributed by atoms with Crippen molar-refractivity contribution < 1.29 is 29.4 Å². The second-order valence-electron chi connectivity index (χ2n) is 4.93. The van der Waals surface area contributed by atoms with Crippen LogP contribution in [0.2, 0.25) is 0 Å². The van der Waals surface area contributed by atoms with Gasteiger partial charge in [-0.25, -0.2) is 9.59 Å². The van der Waals surface area contributed by atoms with Crippen LogP contribution in [0.15, 0.2) is 4.52 Å². The van der Waals surface area contributed by atoms with Crippen molar-refractivity contribution in [1.82, 2.24) is 20.8 Å². The van der Waals surface area contributed by atoms with Crippen molar-refractivity contribution in [3.8, 4) is 0 Å². The third kappa shape index (κ3) is 7.85. The molecule has 2 amide bonds. The zero-order valence-corrected chi connectivity index (χ0v) is 13.9. The smallest absolute Gasteiger partial charge is 0.328 e. The van der Waals surface area contributed by atoms with Crippen molar-refractivity contribution in [2.45, 2.75) is 51.9 Å². The number of nitrogens with one attached hydrogen (secondary N) is 2. The number of hydrogen-bond acceptors (Lipinski definition) is 8. The highest BCUT2D eigenvalue weighted by molar-refractivity contribution is 5.82. The summed E-state index contributed by atoms with van der Waals surface area (Å²) in [5, 5.41) is 34.7. The van der Waals surface area contributed by atoms with Crippen molar-refractivity contribution in [3.05, 3.63) is 11.7 Å². The first-order valence-electron chi connectivity index (χ1n) is 7.40. The standard InChI is InChI=1S/C10H17N5O6.C3H8/c1-4(17)7(9(18)19)14-10(20)12-2-6-13-8(15-21-6)5(11)3-16;1-3-2/h4-5,7,16-17H,2-3,11H2,1H3,(H,18,19)(H2,12,14,20);3H2,1-2H3/t4?,5-,7?;/m0./s1. The Bertz CT molecular complexity index is 507. The second kappa shape index (κ2) is 11.3. The van der Waals surface area contributed by atoms with Crippen LogP contribution in [0.1, 0.15) is 44.9 Å². The number of hydrogen-bond donors (Lipinski definition) is 6. The molecular formula is C13H25N5O6. The number of nitrogens with zero attached hydrogens (tertiary/aromatic N) is 2. The van der Waals surface area contributed by atoms with Gasteiger partial charge in [0.05, 0.1) is 25.3 Å². The lowest BCUT2D eigenvalue weighted by atomic mass is 10.2. The number of aromatic nitrogens is 2. The summed E-state index contributed by atoms with van der Waals surface area (Å²) in [5.74, 6) is -1.25. The number of carbonyl (C=O) groups is 2. The fourth-order valence-corrected chi connectivity index (χ4v) is 1.31. The number of aliphatic hydroxyl groups excluding tert-OH is 2. The van der Waals surface area contributed by atoms with Crippen molar-refractivity contribution in [1.29, 1.82) is 0 Å². The molecule has 3 atom stereocenters. The summed E-state index contributed by atoms with van der Waals surface area (Å²) in [6.07, 6.45) is -0.00851. The van der Waals surface area contributed by atoms with Gasteiger partial charge >= 0.3 is 12.0 Å². The van der Waals surface area contributed by atoms with Crippen molar-refractivity contribution in [2.75, 3.05) is 6.61 Å². The summed E-state index contributed by atoms with van der Waals surface area (Å²) in [6.45, 7) is 4.96. The predicted octanol–water partition coefficient (Wildman–Crippen LogP) is -0.889. The monoisotopic (exact) mass is 347 g/mol. The summed E-state index contributed by atoms with van der Waals surface area (Å²) in [7, 11) is 0. The van der Waals surface area contributed by atoms with Gasteiger partial charge in [0.25, 0.3) is 0 Å². The summed E-state index contributed by atoms with van der Waals surface area (Å²) >= 11 is 0. The quantitative estimate of drug-likeness (QED) is 0.364. The van der Waals surface area contributed by atoms with E-state index >= 15 is 0 Å². The van der Waals surface area contributed by atoms with E-state index in [1.54, 1.807) is 0 Å². The molecule has 1 heterocycles. The highest BCUT2D eigenvalue weighted by atomic mass is 16.5. The van der Waals surface area contributed by atoms with Crippen LogP contribution in [0.5, 0.6) is 0 Å². The predicted molar refractivity (Wildman–Crippen MR) is 82.8 cm³/mol. The molecule has 0 aliphatic rings. The van der Waals surface area contributed by atoms with Gasteiger partial charge in [0.15, 0.2) is 11.9 Å². The molecule has 0 fully saturated rings. The van der Waals surface area contributed by atoms with Crippen LogP contribution in [0.25, 0.3) is 0 Å². The molecule has 7 N–H and O–H groups in total. The number of aliphatic carboxylic acids is 1. The first-order valence-corrected chi connectivity index (χ1v) is 7.40. The number of aliphatic hydroxyl groups is 2. The Hall–Kier alpha value is -2.24. The minimum absolute atomic E-state index is 0.0352. The fourth-order valence-electron chi connectivity index (χ4n) is 1.31. The van der Waals surface area contributed by atoms with E-state index in [1.807, 2.05) is 0 Å². The molecule has 0 saturated carbocycles. The molecule has 0 aliphatic carbocycles. The zero-order valence-electron chi connectivity index (χ0n) is 13.9. The van der Waals surface area contributed by atoms with E-state index in [0.29, 0.717) is 0 Å². The lowest BCUT2D eigenvalue weighted by molar-refractivity contribution is -0.141. The van der Waals surface area contributed by atoms with Gasteiger partial charge in [-0.05, 0) is 6.92 Å². The second-order valence-corrected chi connectivity index (χ2v) is 4.93. The maximum atomic E-state index is 11.5. The molecule has 24 heavy (non-hydrogen) atoms. The van der Waals surface area contributed by atoms with Gasteiger partial charge < -0.3 is 36.2 Å². The van der Waals surface area contributed by atoms with E-state index in [0.717, 1.165) is 0 Å². The van der Waals surface area contributed by atoms with Crippen LogP contribution in [0.3, 0.4) is 0 Å². The summed E-state index contributed by atoms with van der Waals surface area (Å²) in [4.78, 5) is 26.1. The zero-order chi connectivity index (χ0) is 18.7. The third-order valence-corrected chi connectivity index (χ3v) is 2.45. The topological polar surface area (TPSA) is 184 Å². The van der Waals surface area contributed by atoms with E-state index in [9.17, 15) is 14.7 Å². The molecular weight excluding hydrogens is 322 g/mol. The van der Waals surface area contributed by atoms with Gasteiger partial charge in [-0.3, -0.25) is 0 Å². The van der Waals surface area contributed by atoms with Crippen LogP contribution >= 0.6 is 0 Å². The van der Waals surface area contributed by atoms with Crippen molar-refractivity contribution in [2.24, 2.45) is 5.73 Å². The van der Waals surface area contributed by atoms with Gasteiger partial charge in [-0.2, -0.15) is 4.98 Å². The Labute approximate surface area is 139 Å². The summed E-state index contributed by atoms with van der Waals surface area (Å²) in [5.41, 5.74) is 5.47. The van der Waals surface area contributed by atoms with Gasteiger partial charge in [0.2, 0.25) is 5.89 Å². The van der Waals surface area contributed by atoms with E-state index in [1.165, 1.54) is 13.3 Å². The van der Waals surface area contributed by atoms with Crippen molar-refractivity contribution in [3.63, 3.8) is 0 Å². The molecule has 11 heteroatoms. The minimum atomic E-state index is -1.44. The Morgan fingerprint density at radius 2 is 1.96 bits per heavy atom. The Kier molecular flexibility index (Phi) is 10.3. The van der Waals surface area contributed by atoms with E-state index in [2.05, 4.69) is 34.6 Å². The number of carboxylic acids is 1. The maximum Gasteiger partial charge on any atom is 0.328 e. The maximum absolute atomic E-state index is 11.5. The van der Waals surface area contributed by atoms with Crippen molar-refractivity contribution >= 4 is 12.0 Å². The molecule has 0 radical (unpaired) electrons. The highest BCUT2D eigenvalue weighted by Gasteiger charge is 2.25. The normalized spacial score (nSPS) is 13.9. The largest absolute Gasteiger partial charge is 0.480 e. The molecule has 1 aromatic rings. The lowest BCUT2D eigenvalue weighted by Crippen LogP contribution is -2.51. The molecule has 1 rings (SSSR count). The van der Waals surface area contributed by atoms with Gasteiger partial charge in [0, 0.05) is 0 Å². The molecule has 11 nitrogen and oxygen atoms in total. The van der Waals surface area contributed by atoms with E-state index in [-0.39, 0.29) is 24.9 Å². The molecule has 2 unspecified atom stereocenters. The van der Waals surface area contributed by atoms with Crippen LogP contribution in [0, 0.1) is 0 Å². The van der Waals surface area contributed by atoms with Gasteiger partial charge in [-0.15, -0.1) is 0 Å². The number of carbonyl (C=O) groups excluding carboxylic acids is 1. The average molecular weight is 347 g/mol. The Morgan fingerprint density at radius 1 is 1.38 bits per heavy atom. The SMILES string of the molecule is CC(O)C(NC(=O)NCc1nc([C@@H](N)CO)no1)C(=O)O.CCC. The first kappa shape index (κ1) is 21.8. The fraction of sp³-hybridized carbons (Fsp3) is 0.692. The van der Waals surface area contributed by atoms with Crippen LogP contribution in [0.4, 0.5) is 4.79 Å². The lowest BCUT2D eigenvalue weighted by Gasteiger charge is -2.16.